The standard InChI is InChI=1S/C16H22N2OS/c1-3-14-9-4-11(2)18(14)15(19)10-12-5-7-13(8-6-12)16(17)20/h5-8,11,14H,3-4,9-10H2,1-2H3,(H2,17,20). The molecule has 0 aromatic heterocycles. The molecule has 1 heterocycles. The smallest absolute Gasteiger partial charge is 0.227 e. The second-order valence-corrected chi connectivity index (χ2v) is 5.97. The Balaban J connectivity index is 2.05. The molecule has 0 saturated carbocycles. The first-order valence-electron chi connectivity index (χ1n) is 7.22. The summed E-state index contributed by atoms with van der Waals surface area (Å²) in [4.78, 5) is 15.0. The molecule has 108 valence electrons. The minimum Gasteiger partial charge on any atom is -0.389 e. The van der Waals surface area contributed by atoms with Crippen molar-refractivity contribution in [1.82, 2.24) is 4.90 Å². The summed E-state index contributed by atoms with van der Waals surface area (Å²) in [7, 11) is 0. The number of likely N-dealkylation sites (tertiary alicyclic amines) is 1. The molecule has 1 aromatic carbocycles. The lowest BCUT2D eigenvalue weighted by Crippen LogP contribution is -2.40. The zero-order chi connectivity index (χ0) is 14.7. The van der Waals surface area contributed by atoms with E-state index in [0.717, 1.165) is 30.4 Å². The molecule has 2 unspecified atom stereocenters. The maximum Gasteiger partial charge on any atom is 0.227 e. The molecular weight excluding hydrogens is 268 g/mol. The summed E-state index contributed by atoms with van der Waals surface area (Å²) in [5, 5.41) is 0. The van der Waals surface area contributed by atoms with Gasteiger partial charge in [-0.1, -0.05) is 43.4 Å². The fourth-order valence-electron chi connectivity index (χ4n) is 2.97. The number of rotatable bonds is 4. The van der Waals surface area contributed by atoms with Crippen molar-refractivity contribution in [2.45, 2.75) is 51.6 Å². The average Bonchev–Trinajstić information content (AvgIpc) is 2.80. The van der Waals surface area contributed by atoms with E-state index >= 15 is 0 Å². The fourth-order valence-corrected chi connectivity index (χ4v) is 3.11. The third-order valence-electron chi connectivity index (χ3n) is 4.14. The lowest BCUT2D eigenvalue weighted by Gasteiger charge is -2.28. The number of amides is 1. The van der Waals surface area contributed by atoms with Gasteiger partial charge in [0, 0.05) is 17.6 Å². The Morgan fingerprint density at radius 2 is 2.00 bits per heavy atom. The normalized spacial score (nSPS) is 22.0. The largest absolute Gasteiger partial charge is 0.389 e. The number of nitrogens with zero attached hydrogens (tertiary/aromatic N) is 1. The summed E-state index contributed by atoms with van der Waals surface area (Å²) in [6, 6.07) is 8.42. The molecule has 2 atom stereocenters. The molecule has 1 fully saturated rings. The molecule has 1 aromatic rings. The van der Waals surface area contributed by atoms with E-state index in [-0.39, 0.29) is 5.91 Å². The van der Waals surface area contributed by atoms with Crippen molar-refractivity contribution in [3.05, 3.63) is 35.4 Å². The fraction of sp³-hybridized carbons (Fsp3) is 0.500. The Labute approximate surface area is 126 Å². The number of nitrogens with two attached hydrogens (primary N) is 1. The second-order valence-electron chi connectivity index (χ2n) is 5.53. The molecule has 4 heteroatoms. The van der Waals surface area contributed by atoms with E-state index < -0.39 is 0 Å². The Kier molecular flexibility index (Phi) is 4.76. The van der Waals surface area contributed by atoms with E-state index in [1.165, 1.54) is 0 Å². The average molecular weight is 290 g/mol. The van der Waals surface area contributed by atoms with Crippen molar-refractivity contribution in [1.29, 1.82) is 0 Å². The summed E-state index contributed by atoms with van der Waals surface area (Å²) in [6.45, 7) is 4.30. The number of carbonyl (C=O) groups excluding carboxylic acids is 1. The van der Waals surface area contributed by atoms with E-state index in [4.69, 9.17) is 18.0 Å². The van der Waals surface area contributed by atoms with E-state index in [0.29, 0.717) is 23.5 Å². The van der Waals surface area contributed by atoms with Gasteiger partial charge in [0.2, 0.25) is 5.91 Å². The number of hydrogen-bond donors (Lipinski definition) is 1. The van der Waals surface area contributed by atoms with Crippen LogP contribution in [0.15, 0.2) is 24.3 Å². The summed E-state index contributed by atoms with van der Waals surface area (Å²) in [5.41, 5.74) is 7.44. The van der Waals surface area contributed by atoms with Crippen LogP contribution in [0.4, 0.5) is 0 Å². The summed E-state index contributed by atoms with van der Waals surface area (Å²) in [6.07, 6.45) is 3.74. The summed E-state index contributed by atoms with van der Waals surface area (Å²) < 4.78 is 0. The number of benzene rings is 1. The minimum absolute atomic E-state index is 0.227. The maximum absolute atomic E-state index is 12.5. The van der Waals surface area contributed by atoms with Gasteiger partial charge in [0.1, 0.15) is 4.99 Å². The van der Waals surface area contributed by atoms with Crippen LogP contribution in [0.5, 0.6) is 0 Å². The third kappa shape index (κ3) is 3.18. The van der Waals surface area contributed by atoms with Gasteiger partial charge in [-0.05, 0) is 31.7 Å². The van der Waals surface area contributed by atoms with Crippen LogP contribution in [0.3, 0.4) is 0 Å². The van der Waals surface area contributed by atoms with Gasteiger partial charge in [0.05, 0.1) is 6.42 Å². The molecule has 1 amide bonds. The predicted molar refractivity (Wildman–Crippen MR) is 85.7 cm³/mol. The first-order chi connectivity index (χ1) is 9.52. The van der Waals surface area contributed by atoms with Gasteiger partial charge in [-0.25, -0.2) is 0 Å². The lowest BCUT2D eigenvalue weighted by atomic mass is 10.1. The van der Waals surface area contributed by atoms with Crippen LogP contribution < -0.4 is 5.73 Å². The van der Waals surface area contributed by atoms with Crippen molar-refractivity contribution in [2.24, 2.45) is 5.73 Å². The molecule has 0 bridgehead atoms. The topological polar surface area (TPSA) is 46.3 Å². The quantitative estimate of drug-likeness (QED) is 0.867. The first-order valence-corrected chi connectivity index (χ1v) is 7.63. The third-order valence-corrected chi connectivity index (χ3v) is 4.37. The zero-order valence-corrected chi connectivity index (χ0v) is 13.0. The molecule has 1 aliphatic rings. The van der Waals surface area contributed by atoms with Crippen molar-refractivity contribution in [3.8, 4) is 0 Å². The monoisotopic (exact) mass is 290 g/mol. The molecule has 2 N–H and O–H groups in total. The van der Waals surface area contributed by atoms with E-state index in [9.17, 15) is 4.79 Å². The summed E-state index contributed by atoms with van der Waals surface area (Å²) >= 11 is 4.93. The van der Waals surface area contributed by atoms with Crippen LogP contribution in [0, 0.1) is 0 Å². The first kappa shape index (κ1) is 15.0. The maximum atomic E-state index is 12.5. The van der Waals surface area contributed by atoms with Gasteiger partial charge in [-0.3, -0.25) is 4.79 Å². The van der Waals surface area contributed by atoms with Crippen molar-refractivity contribution in [2.75, 3.05) is 0 Å². The molecule has 0 radical (unpaired) electrons. The molecule has 3 nitrogen and oxygen atoms in total. The Morgan fingerprint density at radius 3 is 2.55 bits per heavy atom. The van der Waals surface area contributed by atoms with E-state index in [1.54, 1.807) is 0 Å². The van der Waals surface area contributed by atoms with Crippen LogP contribution in [-0.2, 0) is 11.2 Å². The van der Waals surface area contributed by atoms with Crippen LogP contribution in [0.1, 0.15) is 44.2 Å². The van der Waals surface area contributed by atoms with Gasteiger partial charge in [-0.15, -0.1) is 0 Å². The number of hydrogen-bond acceptors (Lipinski definition) is 2. The van der Waals surface area contributed by atoms with E-state index in [1.807, 2.05) is 24.3 Å². The minimum atomic E-state index is 0.227. The van der Waals surface area contributed by atoms with Crippen molar-refractivity contribution >= 4 is 23.1 Å². The summed E-state index contributed by atoms with van der Waals surface area (Å²) in [5.74, 6) is 0.227. The molecule has 1 saturated heterocycles. The highest BCUT2D eigenvalue weighted by Crippen LogP contribution is 2.26. The van der Waals surface area contributed by atoms with Crippen LogP contribution in [-0.4, -0.2) is 27.9 Å². The Hall–Kier alpha value is -1.42. The van der Waals surface area contributed by atoms with Gasteiger partial charge >= 0.3 is 0 Å². The molecular formula is C16H22N2OS. The molecule has 20 heavy (non-hydrogen) atoms. The molecule has 2 rings (SSSR count). The van der Waals surface area contributed by atoms with Gasteiger partial charge in [0.15, 0.2) is 0 Å². The van der Waals surface area contributed by atoms with Crippen LogP contribution in [0.25, 0.3) is 0 Å². The van der Waals surface area contributed by atoms with Gasteiger partial charge in [0.25, 0.3) is 0 Å². The molecule has 0 spiro atoms. The van der Waals surface area contributed by atoms with Gasteiger partial charge < -0.3 is 10.6 Å². The highest BCUT2D eigenvalue weighted by atomic mass is 32.1. The van der Waals surface area contributed by atoms with Crippen molar-refractivity contribution in [3.63, 3.8) is 0 Å². The SMILES string of the molecule is CCC1CCC(C)N1C(=O)Cc1ccc(C(N)=S)cc1. The molecule has 1 aliphatic heterocycles. The number of thiocarbonyl (C=S) groups is 1. The Morgan fingerprint density at radius 1 is 1.35 bits per heavy atom. The van der Waals surface area contributed by atoms with E-state index in [2.05, 4.69) is 18.7 Å². The zero-order valence-electron chi connectivity index (χ0n) is 12.1. The molecule has 0 aliphatic carbocycles. The van der Waals surface area contributed by atoms with Crippen molar-refractivity contribution < 1.29 is 4.79 Å². The lowest BCUT2D eigenvalue weighted by molar-refractivity contribution is -0.133. The van der Waals surface area contributed by atoms with Crippen LogP contribution >= 0.6 is 12.2 Å². The van der Waals surface area contributed by atoms with Crippen LogP contribution in [0.2, 0.25) is 0 Å². The highest BCUT2D eigenvalue weighted by molar-refractivity contribution is 7.80. The predicted octanol–water partition coefficient (Wildman–Crippen LogP) is 2.65. The highest BCUT2D eigenvalue weighted by Gasteiger charge is 2.32. The second kappa shape index (κ2) is 6.35. The Bertz CT molecular complexity index is 498. The van der Waals surface area contributed by atoms with Gasteiger partial charge in [-0.2, -0.15) is 0 Å². The number of carbonyl (C=O) groups is 1.